The van der Waals surface area contributed by atoms with E-state index in [-0.39, 0.29) is 0 Å². The maximum Gasteiger partial charge on any atom is 0.00791 e. The van der Waals surface area contributed by atoms with Crippen molar-refractivity contribution in [2.75, 3.05) is 6.54 Å². The van der Waals surface area contributed by atoms with Gasteiger partial charge in [0.1, 0.15) is 0 Å². The fraction of sp³-hybridized carbons (Fsp3) is 1.00. The Labute approximate surface area is 70.6 Å². The quantitative estimate of drug-likeness (QED) is 0.602. The normalized spacial score (nSPS) is 23.7. The first-order chi connectivity index (χ1) is 5.29. The second kappa shape index (κ2) is 4.76. The molecule has 66 valence electrons. The van der Waals surface area contributed by atoms with Crippen molar-refractivity contribution in [3.05, 3.63) is 0 Å². The van der Waals surface area contributed by atoms with E-state index in [4.69, 9.17) is 0 Å². The van der Waals surface area contributed by atoms with Crippen LogP contribution in [0.3, 0.4) is 0 Å². The zero-order valence-corrected chi connectivity index (χ0v) is 7.90. The minimum atomic E-state index is 0.877. The summed E-state index contributed by atoms with van der Waals surface area (Å²) in [6.45, 7) is 5.87. The van der Waals surface area contributed by atoms with Crippen LogP contribution >= 0.6 is 0 Å². The Balaban J connectivity index is 1.80. The fourth-order valence-corrected chi connectivity index (χ4v) is 1.54. The summed E-state index contributed by atoms with van der Waals surface area (Å²) in [5, 5.41) is 3.43. The van der Waals surface area contributed by atoms with Gasteiger partial charge in [-0.1, -0.05) is 33.1 Å². The van der Waals surface area contributed by atoms with Crippen molar-refractivity contribution in [1.82, 2.24) is 5.32 Å². The van der Waals surface area contributed by atoms with E-state index in [1.807, 2.05) is 0 Å². The van der Waals surface area contributed by atoms with Crippen LogP contribution < -0.4 is 5.32 Å². The third-order valence-corrected chi connectivity index (χ3v) is 2.51. The molecule has 1 aliphatic heterocycles. The van der Waals surface area contributed by atoms with E-state index in [1.54, 1.807) is 0 Å². The van der Waals surface area contributed by atoms with Gasteiger partial charge in [0.2, 0.25) is 0 Å². The third-order valence-electron chi connectivity index (χ3n) is 2.51. The van der Waals surface area contributed by atoms with Crippen molar-refractivity contribution in [2.24, 2.45) is 5.92 Å². The van der Waals surface area contributed by atoms with E-state index in [0.717, 1.165) is 12.0 Å². The SMILES string of the molecule is CC(C)CCCCC1CCN1. The van der Waals surface area contributed by atoms with Crippen LogP contribution in [0.5, 0.6) is 0 Å². The van der Waals surface area contributed by atoms with E-state index in [9.17, 15) is 0 Å². The summed E-state index contributed by atoms with van der Waals surface area (Å²) in [6.07, 6.45) is 7.09. The number of hydrogen-bond donors (Lipinski definition) is 1. The zero-order chi connectivity index (χ0) is 8.10. The number of nitrogens with one attached hydrogen (secondary N) is 1. The van der Waals surface area contributed by atoms with Crippen LogP contribution in [-0.2, 0) is 0 Å². The van der Waals surface area contributed by atoms with Gasteiger partial charge in [0.05, 0.1) is 0 Å². The van der Waals surface area contributed by atoms with Crippen LogP contribution in [-0.4, -0.2) is 12.6 Å². The molecule has 0 aromatic heterocycles. The molecule has 0 aromatic rings. The van der Waals surface area contributed by atoms with Crippen LogP contribution in [0.2, 0.25) is 0 Å². The molecule has 1 heterocycles. The third kappa shape index (κ3) is 3.76. The largest absolute Gasteiger partial charge is 0.314 e. The van der Waals surface area contributed by atoms with Crippen molar-refractivity contribution in [3.8, 4) is 0 Å². The van der Waals surface area contributed by atoms with Gasteiger partial charge in [-0.25, -0.2) is 0 Å². The molecule has 1 atom stereocenters. The minimum absolute atomic E-state index is 0.877. The Morgan fingerprint density at radius 3 is 2.55 bits per heavy atom. The lowest BCUT2D eigenvalue weighted by Gasteiger charge is -2.27. The van der Waals surface area contributed by atoms with Crippen LogP contribution in [0.25, 0.3) is 0 Å². The fourth-order valence-electron chi connectivity index (χ4n) is 1.54. The molecule has 0 spiro atoms. The smallest absolute Gasteiger partial charge is 0.00791 e. The first-order valence-corrected chi connectivity index (χ1v) is 5.02. The molecule has 1 saturated heterocycles. The van der Waals surface area contributed by atoms with Crippen LogP contribution in [0.4, 0.5) is 0 Å². The van der Waals surface area contributed by atoms with E-state index in [0.29, 0.717) is 0 Å². The molecule has 1 nitrogen and oxygen atoms in total. The van der Waals surface area contributed by atoms with Gasteiger partial charge in [-0.05, 0) is 25.3 Å². The lowest BCUT2D eigenvalue weighted by atomic mass is 9.98. The van der Waals surface area contributed by atoms with E-state index in [1.165, 1.54) is 38.6 Å². The average molecular weight is 155 g/mol. The van der Waals surface area contributed by atoms with Gasteiger partial charge in [0.15, 0.2) is 0 Å². The zero-order valence-electron chi connectivity index (χ0n) is 7.90. The van der Waals surface area contributed by atoms with Gasteiger partial charge in [-0.2, -0.15) is 0 Å². The molecule has 0 aliphatic carbocycles. The maximum absolute atomic E-state index is 3.43. The molecular weight excluding hydrogens is 134 g/mol. The van der Waals surface area contributed by atoms with Crippen molar-refractivity contribution >= 4 is 0 Å². The highest BCUT2D eigenvalue weighted by molar-refractivity contribution is 4.76. The Hall–Kier alpha value is -0.0400. The highest BCUT2D eigenvalue weighted by Gasteiger charge is 2.14. The lowest BCUT2D eigenvalue weighted by Crippen LogP contribution is -2.42. The van der Waals surface area contributed by atoms with Gasteiger partial charge in [-0.15, -0.1) is 0 Å². The molecule has 1 heteroatoms. The molecule has 1 aliphatic rings. The summed E-state index contributed by atoms with van der Waals surface area (Å²) >= 11 is 0. The van der Waals surface area contributed by atoms with Crippen LogP contribution in [0, 0.1) is 5.92 Å². The topological polar surface area (TPSA) is 12.0 Å². The molecule has 1 fully saturated rings. The van der Waals surface area contributed by atoms with E-state index >= 15 is 0 Å². The molecule has 0 radical (unpaired) electrons. The van der Waals surface area contributed by atoms with Crippen molar-refractivity contribution in [2.45, 2.75) is 52.0 Å². The molecular formula is C10H21N. The van der Waals surface area contributed by atoms with Gasteiger partial charge >= 0.3 is 0 Å². The molecule has 1 N–H and O–H groups in total. The standard InChI is InChI=1S/C10H21N/c1-9(2)5-3-4-6-10-7-8-11-10/h9-11H,3-8H2,1-2H3. The van der Waals surface area contributed by atoms with Gasteiger partial charge in [-0.3, -0.25) is 0 Å². The molecule has 0 bridgehead atoms. The van der Waals surface area contributed by atoms with Crippen LogP contribution in [0.15, 0.2) is 0 Å². The number of rotatable bonds is 5. The molecule has 1 unspecified atom stereocenters. The Bertz CT molecular complexity index is 95.0. The minimum Gasteiger partial charge on any atom is -0.314 e. The maximum atomic E-state index is 3.43. The summed E-state index contributed by atoms with van der Waals surface area (Å²) in [4.78, 5) is 0. The summed E-state index contributed by atoms with van der Waals surface area (Å²) in [7, 11) is 0. The Morgan fingerprint density at radius 1 is 1.36 bits per heavy atom. The highest BCUT2D eigenvalue weighted by Crippen LogP contribution is 2.13. The first-order valence-electron chi connectivity index (χ1n) is 5.02. The van der Waals surface area contributed by atoms with Gasteiger partial charge in [0, 0.05) is 6.04 Å². The predicted octanol–water partition coefficient (Wildman–Crippen LogP) is 2.56. The highest BCUT2D eigenvalue weighted by atomic mass is 15.0. The monoisotopic (exact) mass is 155 g/mol. The van der Waals surface area contributed by atoms with E-state index in [2.05, 4.69) is 19.2 Å². The van der Waals surface area contributed by atoms with Gasteiger partial charge in [0.25, 0.3) is 0 Å². The lowest BCUT2D eigenvalue weighted by molar-refractivity contribution is 0.336. The summed E-state index contributed by atoms with van der Waals surface area (Å²) < 4.78 is 0. The van der Waals surface area contributed by atoms with Crippen molar-refractivity contribution in [1.29, 1.82) is 0 Å². The Morgan fingerprint density at radius 2 is 2.09 bits per heavy atom. The summed E-state index contributed by atoms with van der Waals surface area (Å²) in [5.41, 5.74) is 0. The molecule has 11 heavy (non-hydrogen) atoms. The van der Waals surface area contributed by atoms with Crippen molar-refractivity contribution in [3.63, 3.8) is 0 Å². The van der Waals surface area contributed by atoms with Gasteiger partial charge < -0.3 is 5.32 Å². The first kappa shape index (κ1) is 9.05. The predicted molar refractivity (Wildman–Crippen MR) is 49.7 cm³/mol. The average Bonchev–Trinajstić information content (AvgIpc) is 1.82. The van der Waals surface area contributed by atoms with E-state index < -0.39 is 0 Å². The Kier molecular flexibility index (Phi) is 3.92. The molecule has 0 saturated carbocycles. The number of unbranched alkanes of at least 4 members (excludes halogenated alkanes) is 1. The summed E-state index contributed by atoms with van der Waals surface area (Å²) in [6, 6.07) is 0.877. The van der Waals surface area contributed by atoms with Crippen LogP contribution in [0.1, 0.15) is 46.0 Å². The molecule has 0 aromatic carbocycles. The number of hydrogen-bond acceptors (Lipinski definition) is 1. The summed E-state index contributed by atoms with van der Waals surface area (Å²) in [5.74, 6) is 0.893. The van der Waals surface area contributed by atoms with Crippen molar-refractivity contribution < 1.29 is 0 Å². The second-order valence-corrected chi connectivity index (χ2v) is 4.12. The molecule has 0 amide bonds. The second-order valence-electron chi connectivity index (χ2n) is 4.12. The molecule has 1 rings (SSSR count).